The van der Waals surface area contributed by atoms with Crippen molar-refractivity contribution in [2.24, 2.45) is 5.92 Å². The number of amides is 2. The van der Waals surface area contributed by atoms with Crippen LogP contribution in [0.1, 0.15) is 24.2 Å². The molecule has 1 aromatic carbocycles. The Bertz CT molecular complexity index is 1030. The number of aromatic nitrogens is 1. The van der Waals surface area contributed by atoms with Gasteiger partial charge in [0.25, 0.3) is 5.91 Å². The molecule has 2 amide bonds. The van der Waals surface area contributed by atoms with Gasteiger partial charge in [-0.15, -0.1) is 0 Å². The van der Waals surface area contributed by atoms with E-state index in [4.69, 9.17) is 9.47 Å². The number of fused-ring (bicyclic) bond motifs is 1. The van der Waals surface area contributed by atoms with Crippen molar-refractivity contribution in [2.75, 3.05) is 54.5 Å². The highest BCUT2D eigenvalue weighted by molar-refractivity contribution is 5.98. The van der Waals surface area contributed by atoms with Crippen LogP contribution in [0, 0.1) is 5.92 Å². The average Bonchev–Trinajstić information content (AvgIpc) is 2.85. The molecular weight excluding hydrogens is 448 g/mol. The highest BCUT2D eigenvalue weighted by atomic mass is 16.5. The molecule has 0 saturated carbocycles. The predicted molar refractivity (Wildman–Crippen MR) is 134 cm³/mol. The molecule has 1 N–H and O–H groups in total. The Balaban J connectivity index is 1.98. The number of hydrogen-bond donors (Lipinski definition) is 1. The van der Waals surface area contributed by atoms with Crippen LogP contribution in [-0.4, -0.2) is 103 Å². The number of ether oxygens (including phenoxy) is 2. The number of carbonyl (C=O) groups excluding carboxylic acids is 2. The Morgan fingerprint density at radius 1 is 1.26 bits per heavy atom. The average molecular weight is 485 g/mol. The third-order valence-electron chi connectivity index (χ3n) is 6.28. The third kappa shape index (κ3) is 6.29. The number of rotatable bonds is 8. The van der Waals surface area contributed by atoms with Crippen LogP contribution >= 0.6 is 0 Å². The van der Waals surface area contributed by atoms with Crippen LogP contribution < -0.4 is 9.47 Å². The lowest BCUT2D eigenvalue weighted by Crippen LogP contribution is -2.51. The van der Waals surface area contributed by atoms with Crippen LogP contribution in [-0.2, 0) is 4.79 Å². The van der Waals surface area contributed by atoms with E-state index in [0.717, 1.165) is 16.9 Å². The maximum atomic E-state index is 13.6. The molecule has 9 heteroatoms. The van der Waals surface area contributed by atoms with Crippen molar-refractivity contribution in [1.29, 1.82) is 0 Å². The van der Waals surface area contributed by atoms with Gasteiger partial charge in [0.1, 0.15) is 17.4 Å². The first-order chi connectivity index (χ1) is 16.6. The lowest BCUT2D eigenvalue weighted by molar-refractivity contribution is -0.132. The zero-order valence-corrected chi connectivity index (χ0v) is 21.4. The van der Waals surface area contributed by atoms with Crippen molar-refractivity contribution in [1.82, 2.24) is 19.7 Å². The minimum Gasteiger partial charge on any atom is -0.497 e. The highest BCUT2D eigenvalue weighted by Gasteiger charge is 2.34. The summed E-state index contributed by atoms with van der Waals surface area (Å²) >= 11 is 0. The van der Waals surface area contributed by atoms with E-state index in [1.165, 1.54) is 0 Å². The molecule has 1 aliphatic heterocycles. The molecule has 2 heterocycles. The molecule has 0 fully saturated rings. The van der Waals surface area contributed by atoms with Gasteiger partial charge in [0.15, 0.2) is 0 Å². The Labute approximate surface area is 207 Å². The van der Waals surface area contributed by atoms with Crippen LogP contribution in [0.5, 0.6) is 11.6 Å². The van der Waals surface area contributed by atoms with E-state index in [9.17, 15) is 14.7 Å². The van der Waals surface area contributed by atoms with Gasteiger partial charge in [-0.2, -0.15) is 0 Å². The summed E-state index contributed by atoms with van der Waals surface area (Å²) < 4.78 is 11.5. The number of carbonyl (C=O) groups is 2. The van der Waals surface area contributed by atoms with E-state index in [1.54, 1.807) is 36.2 Å². The van der Waals surface area contributed by atoms with Gasteiger partial charge in [0.05, 0.1) is 32.8 Å². The van der Waals surface area contributed by atoms with Gasteiger partial charge in [-0.25, -0.2) is 4.98 Å². The molecule has 2 aromatic rings. The molecule has 0 unspecified atom stereocenters. The van der Waals surface area contributed by atoms with Crippen molar-refractivity contribution in [3.63, 3.8) is 0 Å². The number of benzene rings is 1. The van der Waals surface area contributed by atoms with Gasteiger partial charge in [-0.05, 0) is 44.8 Å². The molecule has 0 saturated heterocycles. The van der Waals surface area contributed by atoms with Crippen LogP contribution in [0.4, 0.5) is 0 Å². The SMILES string of the molecule is COc1ccc(-c2cnc3c(c2)C(=O)N([C@@H](C)CO)C[C@H](C)[C@H](CN(C)C(=O)CN(C)C)O3)cc1. The van der Waals surface area contributed by atoms with Gasteiger partial charge < -0.3 is 29.3 Å². The Kier molecular flexibility index (Phi) is 8.69. The first kappa shape index (κ1) is 26.4. The second-order valence-corrected chi connectivity index (χ2v) is 9.44. The van der Waals surface area contributed by atoms with E-state index in [1.807, 2.05) is 57.1 Å². The summed E-state index contributed by atoms with van der Waals surface area (Å²) in [6.45, 7) is 4.67. The topological polar surface area (TPSA) is 95.4 Å². The predicted octanol–water partition coefficient (Wildman–Crippen LogP) is 2.00. The first-order valence-corrected chi connectivity index (χ1v) is 11.8. The van der Waals surface area contributed by atoms with Gasteiger partial charge in [-0.1, -0.05) is 19.1 Å². The number of hydrogen-bond acceptors (Lipinski definition) is 7. The zero-order chi connectivity index (χ0) is 25.7. The number of nitrogens with zero attached hydrogens (tertiary/aromatic N) is 4. The summed E-state index contributed by atoms with van der Waals surface area (Å²) in [4.78, 5) is 35.8. The van der Waals surface area contributed by atoms with Crippen molar-refractivity contribution < 1.29 is 24.2 Å². The molecule has 1 aromatic heterocycles. The van der Waals surface area contributed by atoms with Crippen LogP contribution in [0.3, 0.4) is 0 Å². The van der Waals surface area contributed by atoms with Crippen molar-refractivity contribution >= 4 is 11.8 Å². The molecule has 0 aliphatic carbocycles. The molecule has 3 rings (SSSR count). The lowest BCUT2D eigenvalue weighted by atomic mass is 9.99. The smallest absolute Gasteiger partial charge is 0.259 e. The normalized spacial score (nSPS) is 18.9. The molecule has 35 heavy (non-hydrogen) atoms. The zero-order valence-electron chi connectivity index (χ0n) is 21.4. The standard InChI is InChI=1S/C26H36N4O5/c1-17-13-30(18(2)16-31)26(33)22-11-20(19-7-9-21(34-6)10-8-19)12-27-25(22)35-23(17)14-29(5)24(32)15-28(3)4/h7-12,17-18,23,31H,13-16H2,1-6H3/t17-,18-,23-/m0/s1. The van der Waals surface area contributed by atoms with Crippen molar-refractivity contribution in [3.8, 4) is 22.8 Å². The third-order valence-corrected chi connectivity index (χ3v) is 6.28. The van der Waals surface area contributed by atoms with E-state index in [-0.39, 0.29) is 42.4 Å². The fourth-order valence-electron chi connectivity index (χ4n) is 4.02. The summed E-state index contributed by atoms with van der Waals surface area (Å²) in [5, 5.41) is 9.84. The van der Waals surface area contributed by atoms with Crippen LogP contribution in [0.25, 0.3) is 11.1 Å². The molecule has 0 spiro atoms. The number of aliphatic hydroxyl groups excluding tert-OH is 1. The summed E-state index contributed by atoms with van der Waals surface area (Å²) in [5.74, 6) is 0.602. The maximum Gasteiger partial charge on any atom is 0.259 e. The minimum absolute atomic E-state index is 0.0208. The maximum absolute atomic E-state index is 13.6. The van der Waals surface area contributed by atoms with E-state index in [2.05, 4.69) is 4.98 Å². The lowest BCUT2D eigenvalue weighted by Gasteiger charge is -2.37. The Morgan fingerprint density at radius 2 is 1.94 bits per heavy atom. The van der Waals surface area contributed by atoms with Crippen LogP contribution in [0.2, 0.25) is 0 Å². The van der Waals surface area contributed by atoms with Crippen molar-refractivity contribution in [3.05, 3.63) is 42.1 Å². The second kappa shape index (κ2) is 11.5. The molecule has 0 bridgehead atoms. The fraction of sp³-hybridized carbons (Fsp3) is 0.500. The first-order valence-electron chi connectivity index (χ1n) is 11.8. The Morgan fingerprint density at radius 3 is 2.54 bits per heavy atom. The van der Waals surface area contributed by atoms with Gasteiger partial charge in [0, 0.05) is 31.3 Å². The molecule has 9 nitrogen and oxygen atoms in total. The largest absolute Gasteiger partial charge is 0.497 e. The molecular formula is C26H36N4O5. The summed E-state index contributed by atoms with van der Waals surface area (Å²) in [5.41, 5.74) is 1.98. The number of aliphatic hydroxyl groups is 1. The van der Waals surface area contributed by atoms with Crippen molar-refractivity contribution in [2.45, 2.75) is 26.0 Å². The molecule has 1 aliphatic rings. The summed E-state index contributed by atoms with van der Waals surface area (Å²) in [6.07, 6.45) is 1.29. The fourth-order valence-corrected chi connectivity index (χ4v) is 4.02. The summed E-state index contributed by atoms with van der Waals surface area (Å²) in [6, 6.07) is 8.90. The van der Waals surface area contributed by atoms with Crippen LogP contribution in [0.15, 0.2) is 36.5 Å². The number of likely N-dealkylation sites (N-methyl/N-ethyl adjacent to an activating group) is 2. The Hall–Kier alpha value is -3.17. The van der Waals surface area contributed by atoms with E-state index < -0.39 is 0 Å². The molecule has 0 radical (unpaired) electrons. The highest BCUT2D eigenvalue weighted by Crippen LogP contribution is 2.31. The van der Waals surface area contributed by atoms with Gasteiger partial charge in [0.2, 0.25) is 11.8 Å². The number of methoxy groups -OCH3 is 1. The van der Waals surface area contributed by atoms with E-state index in [0.29, 0.717) is 25.2 Å². The molecule has 3 atom stereocenters. The molecule has 190 valence electrons. The second-order valence-electron chi connectivity index (χ2n) is 9.44. The van der Waals surface area contributed by atoms with E-state index >= 15 is 0 Å². The summed E-state index contributed by atoms with van der Waals surface area (Å²) in [7, 11) is 7.06. The van der Waals surface area contributed by atoms with Gasteiger partial charge >= 0.3 is 0 Å². The minimum atomic E-state index is -0.384. The van der Waals surface area contributed by atoms with Gasteiger partial charge in [-0.3, -0.25) is 9.59 Å². The quantitative estimate of drug-likeness (QED) is 0.612. The number of pyridine rings is 1. The monoisotopic (exact) mass is 484 g/mol.